The summed E-state index contributed by atoms with van der Waals surface area (Å²) < 4.78 is 24.0. The first-order chi connectivity index (χ1) is 7.09. The summed E-state index contributed by atoms with van der Waals surface area (Å²) in [7, 11) is 0. The SMILES string of the molecule is [2H]c1nc([2H])n(-c2ccc(Br)nn2)c1[2H]. The Balaban J connectivity index is 2.58. The number of nitrogens with zero attached hydrogens (tertiary/aromatic N) is 4. The van der Waals surface area contributed by atoms with Crippen molar-refractivity contribution >= 4 is 15.9 Å². The molecule has 2 rings (SSSR count). The molecule has 0 N–H and O–H groups in total. The normalized spacial score (nSPS) is 13.6. The molecular formula is C7H5BrN4. The highest BCUT2D eigenvalue weighted by molar-refractivity contribution is 9.10. The first-order valence-corrected chi connectivity index (χ1v) is 3.91. The third kappa shape index (κ3) is 1.35. The van der Waals surface area contributed by atoms with Gasteiger partial charge in [-0.2, -0.15) is 0 Å². The monoisotopic (exact) mass is 227 g/mol. The van der Waals surface area contributed by atoms with Crippen molar-refractivity contribution in [2.24, 2.45) is 0 Å². The average molecular weight is 228 g/mol. The van der Waals surface area contributed by atoms with Gasteiger partial charge in [0, 0.05) is 12.3 Å². The second-order valence-electron chi connectivity index (χ2n) is 1.99. The Bertz CT molecular complexity index is 496. The predicted octanol–water partition coefficient (Wildman–Crippen LogP) is 1.42. The van der Waals surface area contributed by atoms with Crippen LogP contribution in [0.3, 0.4) is 0 Å². The molecule has 0 aliphatic carbocycles. The van der Waals surface area contributed by atoms with Gasteiger partial charge in [0.25, 0.3) is 0 Å². The van der Waals surface area contributed by atoms with Crippen LogP contribution in [0.4, 0.5) is 0 Å². The molecule has 0 unspecified atom stereocenters. The van der Waals surface area contributed by atoms with Crippen LogP contribution in [-0.4, -0.2) is 19.7 Å². The summed E-state index contributed by atoms with van der Waals surface area (Å²) in [6, 6.07) is 3.24. The molecule has 12 heavy (non-hydrogen) atoms. The third-order valence-corrected chi connectivity index (χ3v) is 1.64. The highest BCUT2D eigenvalue weighted by atomic mass is 79.9. The van der Waals surface area contributed by atoms with E-state index in [2.05, 4.69) is 31.1 Å². The van der Waals surface area contributed by atoms with Crippen molar-refractivity contribution in [3.63, 3.8) is 0 Å². The van der Waals surface area contributed by atoms with Crippen molar-refractivity contribution in [2.75, 3.05) is 0 Å². The summed E-state index contributed by atoms with van der Waals surface area (Å²) in [5.41, 5.74) is 0. The van der Waals surface area contributed by atoms with E-state index in [-0.39, 0.29) is 18.6 Å². The first kappa shape index (κ1) is 4.71. The summed E-state index contributed by atoms with van der Waals surface area (Å²) in [6.07, 6.45) is -0.608. The van der Waals surface area contributed by atoms with Gasteiger partial charge < -0.3 is 0 Å². The van der Waals surface area contributed by atoms with Crippen molar-refractivity contribution in [3.05, 3.63) is 35.4 Å². The van der Waals surface area contributed by atoms with Gasteiger partial charge in [0.15, 0.2) is 5.82 Å². The molecule has 0 aliphatic rings. The number of aromatic nitrogens is 4. The predicted molar refractivity (Wildman–Crippen MR) is 46.9 cm³/mol. The van der Waals surface area contributed by atoms with Crippen LogP contribution in [-0.2, 0) is 0 Å². The van der Waals surface area contributed by atoms with Crippen LogP contribution >= 0.6 is 15.9 Å². The fourth-order valence-electron chi connectivity index (χ4n) is 0.712. The molecular weight excluding hydrogens is 220 g/mol. The van der Waals surface area contributed by atoms with Crippen molar-refractivity contribution in [1.82, 2.24) is 19.7 Å². The summed E-state index contributed by atoms with van der Waals surface area (Å²) in [5, 5.41) is 7.52. The smallest absolute Gasteiger partial charge is 0.160 e. The third-order valence-electron chi connectivity index (χ3n) is 1.21. The van der Waals surface area contributed by atoms with E-state index in [0.29, 0.717) is 10.4 Å². The van der Waals surface area contributed by atoms with E-state index in [1.807, 2.05) is 0 Å². The highest BCUT2D eigenvalue weighted by Gasteiger charge is 1.96. The molecule has 0 atom stereocenters. The minimum Gasteiger partial charge on any atom is -0.289 e. The maximum absolute atomic E-state index is 7.52. The van der Waals surface area contributed by atoms with Crippen LogP contribution in [0.2, 0.25) is 0 Å². The molecule has 0 aliphatic heterocycles. The number of hydrogen-bond donors (Lipinski definition) is 0. The highest BCUT2D eigenvalue weighted by Crippen LogP contribution is 2.06. The largest absolute Gasteiger partial charge is 0.289 e. The van der Waals surface area contributed by atoms with Crippen molar-refractivity contribution in [2.45, 2.75) is 0 Å². The molecule has 2 aromatic heterocycles. The van der Waals surface area contributed by atoms with Crippen molar-refractivity contribution in [1.29, 1.82) is 0 Å². The standard InChI is InChI=1S/C7H5BrN4/c8-6-1-2-7(11-10-6)12-4-3-9-5-12/h1-5H/i3D,4D,5D. The van der Waals surface area contributed by atoms with E-state index in [1.54, 1.807) is 12.1 Å². The topological polar surface area (TPSA) is 43.6 Å². The van der Waals surface area contributed by atoms with Crippen LogP contribution in [0.1, 0.15) is 4.11 Å². The lowest BCUT2D eigenvalue weighted by Crippen LogP contribution is -1.95. The molecule has 4 nitrogen and oxygen atoms in total. The molecule has 0 saturated carbocycles. The Morgan fingerprint density at radius 1 is 1.42 bits per heavy atom. The molecule has 0 amide bonds. The maximum atomic E-state index is 7.52. The molecule has 0 spiro atoms. The van der Waals surface area contributed by atoms with Crippen molar-refractivity contribution < 1.29 is 4.11 Å². The average Bonchev–Trinajstić information content (AvgIpc) is 2.44. The number of rotatable bonds is 1. The molecule has 2 heterocycles. The van der Waals surface area contributed by atoms with Crippen LogP contribution in [0, 0.1) is 0 Å². The van der Waals surface area contributed by atoms with Crippen molar-refractivity contribution in [3.8, 4) is 5.82 Å². The number of halogens is 1. The lowest BCUT2D eigenvalue weighted by atomic mass is 10.5. The lowest BCUT2D eigenvalue weighted by molar-refractivity contribution is 0.900. The Labute approximate surface area is 81.6 Å². The molecule has 5 heteroatoms. The minimum absolute atomic E-state index is 0.170. The fourth-order valence-corrected chi connectivity index (χ4v) is 0.923. The minimum atomic E-state index is -0.246. The number of hydrogen-bond acceptors (Lipinski definition) is 3. The summed E-state index contributed by atoms with van der Waals surface area (Å²) in [5.74, 6) is 0.305. The van der Waals surface area contributed by atoms with Gasteiger partial charge in [-0.1, -0.05) is 0 Å². The zero-order valence-corrected chi connectivity index (χ0v) is 7.41. The molecule has 0 bridgehead atoms. The summed E-state index contributed by atoms with van der Waals surface area (Å²) in [4.78, 5) is 3.54. The van der Waals surface area contributed by atoms with E-state index >= 15 is 0 Å². The van der Waals surface area contributed by atoms with Gasteiger partial charge in [0.2, 0.25) is 0 Å². The van der Waals surface area contributed by atoms with Crippen LogP contribution < -0.4 is 0 Å². The van der Waals surface area contributed by atoms with E-state index in [1.165, 1.54) is 0 Å². The molecule has 60 valence electrons. The zero-order valence-electron chi connectivity index (χ0n) is 8.82. The molecule has 2 aromatic rings. The van der Waals surface area contributed by atoms with Gasteiger partial charge in [0.1, 0.15) is 12.3 Å². The van der Waals surface area contributed by atoms with E-state index < -0.39 is 0 Å². The van der Waals surface area contributed by atoms with Gasteiger partial charge in [-0.15, -0.1) is 10.2 Å². The number of imidazole rings is 1. The van der Waals surface area contributed by atoms with Gasteiger partial charge in [-0.05, 0) is 28.1 Å². The van der Waals surface area contributed by atoms with Crippen LogP contribution in [0.15, 0.2) is 35.4 Å². The Hall–Kier alpha value is -1.23. The Morgan fingerprint density at radius 2 is 2.33 bits per heavy atom. The summed E-state index contributed by atoms with van der Waals surface area (Å²) >= 11 is 3.13. The molecule has 0 radical (unpaired) electrons. The van der Waals surface area contributed by atoms with E-state index in [9.17, 15) is 0 Å². The van der Waals surface area contributed by atoms with Crippen LogP contribution in [0.5, 0.6) is 0 Å². The fraction of sp³-hybridized carbons (Fsp3) is 0. The van der Waals surface area contributed by atoms with Gasteiger partial charge in [0.05, 0.1) is 2.74 Å². The Morgan fingerprint density at radius 3 is 2.92 bits per heavy atom. The summed E-state index contributed by atoms with van der Waals surface area (Å²) in [6.45, 7) is 0. The van der Waals surface area contributed by atoms with E-state index in [0.717, 1.165) is 4.57 Å². The second-order valence-corrected chi connectivity index (χ2v) is 2.80. The van der Waals surface area contributed by atoms with E-state index in [4.69, 9.17) is 4.11 Å². The van der Waals surface area contributed by atoms with Gasteiger partial charge in [-0.3, -0.25) is 4.57 Å². The van der Waals surface area contributed by atoms with Gasteiger partial charge >= 0.3 is 0 Å². The molecule has 0 saturated heterocycles. The lowest BCUT2D eigenvalue weighted by Gasteiger charge is -1.97. The maximum Gasteiger partial charge on any atom is 0.160 e. The first-order valence-electron chi connectivity index (χ1n) is 4.61. The van der Waals surface area contributed by atoms with Gasteiger partial charge in [-0.25, -0.2) is 4.98 Å². The molecule has 0 aromatic carbocycles. The quantitative estimate of drug-likeness (QED) is 0.741. The second kappa shape index (κ2) is 3.02. The zero-order chi connectivity index (χ0) is 11.0. The Kier molecular flexibility index (Phi) is 1.19. The van der Waals surface area contributed by atoms with Crippen LogP contribution in [0.25, 0.3) is 5.82 Å². The molecule has 0 fully saturated rings.